The molecule has 11 nitrogen and oxygen atoms in total. The number of nitro groups is 1. The molecule has 39 heavy (non-hydrogen) atoms. The first-order chi connectivity index (χ1) is 18.1. The molecule has 0 unspecified atom stereocenters. The van der Waals surface area contributed by atoms with Crippen molar-refractivity contribution in [3.05, 3.63) is 45.5 Å². The number of anilines is 3. The van der Waals surface area contributed by atoms with Crippen LogP contribution in [0, 0.1) is 24.0 Å². The number of methoxy groups -OCH3 is 2. The highest BCUT2D eigenvalue weighted by atomic mass is 16.6. The van der Waals surface area contributed by atoms with Gasteiger partial charge in [0.2, 0.25) is 0 Å². The number of likely N-dealkylation sites (N-methyl/N-ethyl adjacent to an activating group) is 2. The van der Waals surface area contributed by atoms with Gasteiger partial charge in [-0.1, -0.05) is 7.43 Å². The largest absolute Gasteiger partial charge is 0.495 e. The Hall–Kier alpha value is -3.28. The summed E-state index contributed by atoms with van der Waals surface area (Å²) in [5, 5.41) is 18.0. The van der Waals surface area contributed by atoms with Crippen LogP contribution in [0.25, 0.3) is 0 Å². The van der Waals surface area contributed by atoms with E-state index in [1.54, 1.807) is 19.2 Å². The number of nitro benzene ring substituents is 1. The fourth-order valence-corrected chi connectivity index (χ4v) is 4.62. The SMILES string of the molecule is C.CO.COc1cc(N2CCN(C)CC2)c(C)cc1N.COc1cc(N2CCN(C)CC2)c(C)cc1[N+](=O)[O-]. The fourth-order valence-electron chi connectivity index (χ4n) is 4.62. The Balaban J connectivity index is 0.000000360. The number of nitrogen functional groups attached to an aromatic ring is 1. The molecule has 0 radical (unpaired) electrons. The van der Waals surface area contributed by atoms with E-state index in [2.05, 4.69) is 46.7 Å². The highest BCUT2D eigenvalue weighted by Crippen LogP contribution is 2.35. The Morgan fingerprint density at radius 1 is 0.769 bits per heavy atom. The Morgan fingerprint density at radius 3 is 1.54 bits per heavy atom. The van der Waals surface area contributed by atoms with Gasteiger partial charge in [-0.05, 0) is 45.1 Å². The number of nitrogens with zero attached hydrogens (tertiary/aromatic N) is 5. The van der Waals surface area contributed by atoms with Gasteiger partial charge in [-0.25, -0.2) is 0 Å². The lowest BCUT2D eigenvalue weighted by Crippen LogP contribution is -2.44. The molecule has 2 aromatic carbocycles. The molecule has 0 aromatic heterocycles. The first-order valence-corrected chi connectivity index (χ1v) is 12.7. The standard InChI is InChI=1S/C13H19N3O3.C13H21N3O.CH4O.CH4/c1-10-8-12(16(17)18)13(19-3)9-11(10)15-6-4-14(2)5-7-15;1-10-8-11(14)13(17-3)9-12(10)16-6-4-15(2)5-7-16;1-2;/h8-9H,4-7H2,1-3H3;8-9H,4-7,14H2,1-3H3;2H,1H3;1H4. The third-order valence-corrected chi connectivity index (χ3v) is 6.93. The van der Waals surface area contributed by atoms with Crippen LogP contribution in [-0.2, 0) is 0 Å². The summed E-state index contributed by atoms with van der Waals surface area (Å²) in [4.78, 5) is 19.8. The number of piperazine rings is 2. The maximum Gasteiger partial charge on any atom is 0.311 e. The average Bonchev–Trinajstić information content (AvgIpc) is 2.91. The Bertz CT molecular complexity index is 1050. The summed E-state index contributed by atoms with van der Waals surface area (Å²) in [5.41, 5.74) is 11.0. The molecule has 2 aliphatic heterocycles. The van der Waals surface area contributed by atoms with Crippen LogP contribution in [0.1, 0.15) is 18.6 Å². The summed E-state index contributed by atoms with van der Waals surface area (Å²) >= 11 is 0. The van der Waals surface area contributed by atoms with Crippen molar-refractivity contribution in [3.8, 4) is 11.5 Å². The van der Waals surface area contributed by atoms with Crippen molar-refractivity contribution in [2.75, 3.05) is 103 Å². The highest BCUT2D eigenvalue weighted by molar-refractivity contribution is 5.67. The van der Waals surface area contributed by atoms with Gasteiger partial charge in [-0.15, -0.1) is 0 Å². The molecule has 4 rings (SSSR count). The predicted molar refractivity (Wildman–Crippen MR) is 161 cm³/mol. The van der Waals surface area contributed by atoms with Gasteiger partial charge in [0.25, 0.3) is 0 Å². The second kappa shape index (κ2) is 16.0. The van der Waals surface area contributed by atoms with Crippen LogP contribution in [0.15, 0.2) is 24.3 Å². The van der Waals surface area contributed by atoms with Crippen LogP contribution in [-0.4, -0.2) is 108 Å². The van der Waals surface area contributed by atoms with Crippen LogP contribution in [0.3, 0.4) is 0 Å². The number of ether oxygens (including phenoxy) is 2. The van der Waals surface area contributed by atoms with Crippen molar-refractivity contribution in [1.82, 2.24) is 9.80 Å². The molecule has 2 aromatic rings. The van der Waals surface area contributed by atoms with E-state index in [0.29, 0.717) is 11.4 Å². The van der Waals surface area contributed by atoms with E-state index in [4.69, 9.17) is 20.3 Å². The number of hydrogen-bond acceptors (Lipinski definition) is 10. The second-order valence-corrected chi connectivity index (χ2v) is 9.53. The van der Waals surface area contributed by atoms with Gasteiger partial charge in [0.05, 0.1) is 24.8 Å². The van der Waals surface area contributed by atoms with E-state index < -0.39 is 4.92 Å². The molecule has 2 heterocycles. The average molecular weight is 549 g/mol. The van der Waals surface area contributed by atoms with Crippen molar-refractivity contribution in [1.29, 1.82) is 0 Å². The van der Waals surface area contributed by atoms with Crippen LogP contribution < -0.4 is 25.0 Å². The van der Waals surface area contributed by atoms with Crippen molar-refractivity contribution < 1.29 is 19.5 Å². The normalized spacial score (nSPS) is 15.7. The van der Waals surface area contributed by atoms with Crippen molar-refractivity contribution >= 4 is 22.7 Å². The van der Waals surface area contributed by atoms with E-state index in [0.717, 1.165) is 76.5 Å². The van der Waals surface area contributed by atoms with E-state index in [9.17, 15) is 10.1 Å². The molecule has 0 aliphatic carbocycles. The van der Waals surface area contributed by atoms with Gasteiger partial charge < -0.3 is 39.9 Å². The van der Waals surface area contributed by atoms with Crippen molar-refractivity contribution in [2.45, 2.75) is 21.3 Å². The fraction of sp³-hybridized carbons (Fsp3) is 0.571. The van der Waals surface area contributed by atoms with Crippen LogP contribution in [0.4, 0.5) is 22.7 Å². The maximum absolute atomic E-state index is 11.0. The van der Waals surface area contributed by atoms with Gasteiger partial charge >= 0.3 is 5.69 Å². The predicted octanol–water partition coefficient (Wildman–Crippen LogP) is 3.25. The molecule has 0 spiro atoms. The summed E-state index contributed by atoms with van der Waals surface area (Å²) in [6.07, 6.45) is 0. The lowest BCUT2D eigenvalue weighted by Gasteiger charge is -2.35. The minimum Gasteiger partial charge on any atom is -0.495 e. The minimum atomic E-state index is -0.403. The zero-order valence-electron chi connectivity index (χ0n) is 23.9. The number of aliphatic hydroxyl groups is 1. The molecular formula is C28H48N6O5. The molecule has 2 fully saturated rings. The van der Waals surface area contributed by atoms with Gasteiger partial charge in [-0.2, -0.15) is 0 Å². The summed E-state index contributed by atoms with van der Waals surface area (Å²) in [7, 11) is 8.38. The minimum absolute atomic E-state index is 0. The van der Waals surface area contributed by atoms with E-state index in [1.165, 1.54) is 18.4 Å². The summed E-state index contributed by atoms with van der Waals surface area (Å²) < 4.78 is 10.4. The Labute approximate surface area is 233 Å². The quantitative estimate of drug-likeness (QED) is 0.327. The molecule has 0 atom stereocenters. The number of rotatable bonds is 5. The van der Waals surface area contributed by atoms with E-state index >= 15 is 0 Å². The lowest BCUT2D eigenvalue weighted by atomic mass is 10.1. The summed E-state index contributed by atoms with van der Waals surface area (Å²) in [6, 6.07) is 7.41. The first kappa shape index (κ1) is 33.7. The van der Waals surface area contributed by atoms with Crippen LogP contribution >= 0.6 is 0 Å². The van der Waals surface area contributed by atoms with Gasteiger partial charge in [0, 0.05) is 89.0 Å². The van der Waals surface area contributed by atoms with Gasteiger partial charge in [-0.3, -0.25) is 10.1 Å². The molecule has 220 valence electrons. The van der Waals surface area contributed by atoms with E-state index in [1.807, 2.05) is 13.0 Å². The summed E-state index contributed by atoms with van der Waals surface area (Å²) in [6.45, 7) is 12.2. The molecule has 2 aliphatic rings. The number of aryl methyl sites for hydroxylation is 2. The molecular weight excluding hydrogens is 500 g/mol. The zero-order chi connectivity index (χ0) is 28.4. The lowest BCUT2D eigenvalue weighted by molar-refractivity contribution is -0.385. The number of hydrogen-bond donors (Lipinski definition) is 2. The van der Waals surface area contributed by atoms with Crippen molar-refractivity contribution in [2.24, 2.45) is 0 Å². The number of nitrogens with two attached hydrogens (primary N) is 1. The maximum atomic E-state index is 11.0. The third-order valence-electron chi connectivity index (χ3n) is 6.93. The molecule has 2 saturated heterocycles. The van der Waals surface area contributed by atoms with Crippen LogP contribution in [0.5, 0.6) is 11.5 Å². The molecule has 0 bridgehead atoms. The first-order valence-electron chi connectivity index (χ1n) is 12.7. The monoisotopic (exact) mass is 548 g/mol. The van der Waals surface area contributed by atoms with Crippen LogP contribution in [0.2, 0.25) is 0 Å². The highest BCUT2D eigenvalue weighted by Gasteiger charge is 2.22. The number of aliphatic hydroxyl groups excluding tert-OH is 1. The number of benzene rings is 2. The van der Waals surface area contributed by atoms with Crippen molar-refractivity contribution in [3.63, 3.8) is 0 Å². The molecule has 3 N–H and O–H groups in total. The summed E-state index contributed by atoms with van der Waals surface area (Å²) in [5.74, 6) is 1.09. The third kappa shape index (κ3) is 8.87. The Kier molecular flexibility index (Phi) is 13.8. The second-order valence-electron chi connectivity index (χ2n) is 9.53. The Morgan fingerprint density at radius 2 is 1.15 bits per heavy atom. The zero-order valence-corrected chi connectivity index (χ0v) is 23.9. The molecule has 0 amide bonds. The molecule has 11 heteroatoms. The van der Waals surface area contributed by atoms with E-state index in [-0.39, 0.29) is 13.1 Å². The topological polar surface area (TPSA) is 121 Å². The van der Waals surface area contributed by atoms with Gasteiger partial charge in [0.15, 0.2) is 5.75 Å². The van der Waals surface area contributed by atoms with Gasteiger partial charge in [0.1, 0.15) is 5.75 Å². The molecule has 0 saturated carbocycles. The smallest absolute Gasteiger partial charge is 0.311 e.